The Hall–Kier alpha value is -2.57. The normalized spacial score (nSPS) is 17.4. The molecule has 0 aliphatic heterocycles. The summed E-state index contributed by atoms with van der Waals surface area (Å²) in [6.07, 6.45) is -9.78. The van der Waals surface area contributed by atoms with Gasteiger partial charge in [-0.1, -0.05) is 0 Å². The van der Waals surface area contributed by atoms with E-state index in [2.05, 4.69) is 0 Å². The van der Waals surface area contributed by atoms with Crippen LogP contribution in [0.2, 0.25) is 0 Å². The zero-order valence-corrected chi connectivity index (χ0v) is 21.0. The topological polar surface area (TPSA) is 0 Å². The lowest BCUT2D eigenvalue weighted by Crippen LogP contribution is -2.79. The minimum atomic E-state index is -10.2. The first-order chi connectivity index (χ1) is 21.0. The molecule has 0 aliphatic carbocycles. The molecule has 0 saturated carbocycles. The Morgan fingerprint density at radius 1 is 0.240 bits per heavy atom. The summed E-state index contributed by atoms with van der Waals surface area (Å²) < 4.78 is 436. The Morgan fingerprint density at radius 2 is 0.380 bits per heavy atom. The van der Waals surface area contributed by atoms with Crippen molar-refractivity contribution in [3.05, 3.63) is 12.2 Å². The van der Waals surface area contributed by atoms with E-state index in [1.54, 1.807) is 0 Å². The molecule has 0 aliphatic rings. The van der Waals surface area contributed by atoms with Gasteiger partial charge in [0.05, 0.1) is 0 Å². The molecule has 0 aromatic rings. The third-order valence-corrected chi connectivity index (χ3v) is 5.84. The molecule has 299 valence electrons. The summed E-state index contributed by atoms with van der Waals surface area (Å²) in [5.41, 5.74) is 0. The van der Waals surface area contributed by atoms with Crippen LogP contribution >= 0.6 is 0 Å². The van der Waals surface area contributed by atoms with Crippen LogP contribution in [0.3, 0.4) is 0 Å². The number of hydrogen-bond acceptors (Lipinski definition) is 0. The van der Waals surface area contributed by atoms with Gasteiger partial charge >= 0.3 is 89.1 Å². The quantitative estimate of drug-likeness (QED) is 0.153. The molecule has 0 unspecified atom stereocenters. The SMILES string of the molecule is F/[C]=C(\F)C(F)(F)C(F)(F)C(F)(F)C(F)(F)C(F)(F)C(F)(F)C(F)(F)C(F)(F)C(F)(F)C(F)(F)C(F)(F)C(F)(F)C(F)(F)C(F)(F)C(F)(F)F. The van der Waals surface area contributed by atoms with Crippen molar-refractivity contribution in [1.29, 1.82) is 0 Å². The molecule has 0 aromatic carbocycles. The van der Waals surface area contributed by atoms with Crippen LogP contribution in [0.15, 0.2) is 5.83 Å². The van der Waals surface area contributed by atoms with E-state index < -0.39 is 101 Å². The summed E-state index contributed by atoms with van der Waals surface area (Å²) in [6, 6.07) is 0. The Morgan fingerprint density at radius 3 is 0.520 bits per heavy atom. The van der Waals surface area contributed by atoms with Crippen LogP contribution in [-0.4, -0.2) is 89.1 Å². The fourth-order valence-electron chi connectivity index (χ4n) is 2.74. The standard InChI is InChI=1S/C17F33/c18-1-2(19)3(20,21)4(22,23)5(24,25)6(26,27)7(28,29)8(30,31)9(32,33)10(34,35)11(36,37)12(38,39)13(40,41)14(42,43)15(44,45)16(46,47)17(48,49)50. The highest BCUT2D eigenvalue weighted by atomic mass is 19.4. The van der Waals surface area contributed by atoms with Gasteiger partial charge in [-0.25, -0.2) is 8.78 Å². The third-order valence-electron chi connectivity index (χ3n) is 5.84. The third kappa shape index (κ3) is 5.19. The van der Waals surface area contributed by atoms with Crippen molar-refractivity contribution in [2.75, 3.05) is 0 Å². The fourth-order valence-corrected chi connectivity index (χ4v) is 2.74. The molecule has 0 N–H and O–H groups in total. The van der Waals surface area contributed by atoms with Crippen molar-refractivity contribution in [3.63, 3.8) is 0 Å². The van der Waals surface area contributed by atoms with Crippen molar-refractivity contribution in [2.24, 2.45) is 0 Å². The summed E-state index contributed by atoms with van der Waals surface area (Å²) in [7, 11) is 0. The van der Waals surface area contributed by atoms with Crippen molar-refractivity contribution in [3.8, 4) is 0 Å². The maximum Gasteiger partial charge on any atom is 0.460 e. The van der Waals surface area contributed by atoms with Crippen molar-refractivity contribution in [2.45, 2.75) is 89.1 Å². The molecule has 0 spiro atoms. The average molecular weight is 831 g/mol. The lowest BCUT2D eigenvalue weighted by Gasteiger charge is -2.46. The monoisotopic (exact) mass is 831 g/mol. The lowest BCUT2D eigenvalue weighted by atomic mass is 9.83. The van der Waals surface area contributed by atoms with Crippen LogP contribution in [-0.2, 0) is 0 Å². The predicted molar refractivity (Wildman–Crippen MR) is 84.3 cm³/mol. The summed E-state index contributed by atoms with van der Waals surface area (Å²) in [4.78, 5) is 0. The zero-order chi connectivity index (χ0) is 41.8. The molecule has 0 fully saturated rings. The molecule has 0 heterocycles. The fraction of sp³-hybridized carbons (Fsp3) is 0.882. The first kappa shape index (κ1) is 47.4. The van der Waals surface area contributed by atoms with Gasteiger partial charge in [-0.3, -0.25) is 0 Å². The second-order valence-corrected chi connectivity index (χ2v) is 8.95. The van der Waals surface area contributed by atoms with Gasteiger partial charge in [0.1, 0.15) is 0 Å². The smallest absolute Gasteiger partial charge is 0.201 e. The van der Waals surface area contributed by atoms with Gasteiger partial charge in [0.15, 0.2) is 6.33 Å². The van der Waals surface area contributed by atoms with Gasteiger partial charge in [0.25, 0.3) is 0 Å². The average Bonchev–Trinajstić information content (AvgIpc) is 2.90. The van der Waals surface area contributed by atoms with E-state index in [9.17, 15) is 145 Å². The van der Waals surface area contributed by atoms with Gasteiger partial charge in [0.2, 0.25) is 5.83 Å². The molecule has 0 saturated heterocycles. The summed E-state index contributed by atoms with van der Waals surface area (Å²) in [6.45, 7) is 0. The maximum atomic E-state index is 13.7. The van der Waals surface area contributed by atoms with E-state index in [-0.39, 0.29) is 0 Å². The highest BCUT2D eigenvalue weighted by Crippen LogP contribution is 2.69. The van der Waals surface area contributed by atoms with Crippen LogP contribution in [0, 0.1) is 6.33 Å². The zero-order valence-electron chi connectivity index (χ0n) is 21.0. The maximum absolute atomic E-state index is 13.7. The Bertz CT molecular complexity index is 1270. The first-order valence-electron chi connectivity index (χ1n) is 10.2. The Labute approximate surface area is 247 Å². The number of halogens is 33. The van der Waals surface area contributed by atoms with Crippen molar-refractivity contribution < 1.29 is 145 Å². The van der Waals surface area contributed by atoms with Gasteiger partial charge in [-0.15, -0.1) is 0 Å². The number of alkyl halides is 31. The molecule has 1 radical (unpaired) electrons. The molecule has 50 heavy (non-hydrogen) atoms. The highest BCUT2D eigenvalue weighted by Gasteiger charge is 3.01. The number of rotatable bonds is 14. The van der Waals surface area contributed by atoms with Crippen LogP contribution in [0.1, 0.15) is 0 Å². The molecule has 33 heteroatoms. The van der Waals surface area contributed by atoms with Gasteiger partial charge < -0.3 is 0 Å². The predicted octanol–water partition coefficient (Wildman–Crippen LogP) is 11.0. The van der Waals surface area contributed by atoms with Crippen molar-refractivity contribution in [1.82, 2.24) is 0 Å². The van der Waals surface area contributed by atoms with E-state index in [0.717, 1.165) is 0 Å². The Balaban J connectivity index is 7.70. The molecule has 0 aromatic heterocycles. The minimum absolute atomic E-state index is 1.40. The minimum Gasteiger partial charge on any atom is -0.201 e. The van der Waals surface area contributed by atoms with Crippen LogP contribution in [0.5, 0.6) is 0 Å². The summed E-state index contributed by atoms with van der Waals surface area (Å²) in [5, 5.41) is 0. The highest BCUT2D eigenvalue weighted by molar-refractivity contribution is 5.22. The molecule has 0 bridgehead atoms. The van der Waals surface area contributed by atoms with E-state index in [1.165, 1.54) is 0 Å². The molecule has 0 nitrogen and oxygen atoms in total. The lowest BCUT2D eigenvalue weighted by molar-refractivity contribution is -0.489. The van der Waals surface area contributed by atoms with Crippen LogP contribution in [0.4, 0.5) is 145 Å². The molecular formula is C17F33. The number of allylic oxidation sites excluding steroid dienone is 1. The summed E-state index contributed by atoms with van der Waals surface area (Å²) in [5.74, 6) is -140. The van der Waals surface area contributed by atoms with Gasteiger partial charge in [-0.2, -0.15) is 136 Å². The first-order valence-corrected chi connectivity index (χ1v) is 10.2. The van der Waals surface area contributed by atoms with Crippen LogP contribution in [0.25, 0.3) is 0 Å². The second-order valence-electron chi connectivity index (χ2n) is 8.95. The second kappa shape index (κ2) is 11.5. The summed E-state index contributed by atoms with van der Waals surface area (Å²) >= 11 is 0. The molecule has 0 amide bonds. The van der Waals surface area contributed by atoms with Crippen LogP contribution < -0.4 is 0 Å². The number of hydrogen-bond donors (Lipinski definition) is 0. The van der Waals surface area contributed by atoms with E-state index in [1.807, 2.05) is 0 Å². The van der Waals surface area contributed by atoms with E-state index in [4.69, 9.17) is 0 Å². The molecule has 0 atom stereocenters. The van der Waals surface area contributed by atoms with Crippen molar-refractivity contribution >= 4 is 0 Å². The van der Waals surface area contributed by atoms with E-state index in [0.29, 0.717) is 0 Å². The molecule has 0 rings (SSSR count). The Kier molecular flexibility index (Phi) is 10.9. The van der Waals surface area contributed by atoms with E-state index >= 15 is 0 Å². The van der Waals surface area contributed by atoms with Gasteiger partial charge in [0, 0.05) is 0 Å². The van der Waals surface area contributed by atoms with Gasteiger partial charge in [-0.05, 0) is 0 Å². The largest absolute Gasteiger partial charge is 0.460 e. The molecular weight excluding hydrogens is 831 g/mol.